The summed E-state index contributed by atoms with van der Waals surface area (Å²) in [5, 5.41) is 0. The van der Waals surface area contributed by atoms with Gasteiger partial charge < -0.3 is 14.2 Å². The van der Waals surface area contributed by atoms with E-state index in [1.807, 2.05) is 12.2 Å². The highest BCUT2D eigenvalue weighted by Crippen LogP contribution is 2.39. The lowest BCUT2D eigenvalue weighted by Crippen LogP contribution is -2.19. The molecular weight excluding hydrogens is 388 g/mol. The Morgan fingerprint density at radius 2 is 1.34 bits per heavy atom. The van der Waals surface area contributed by atoms with Crippen LogP contribution in [-0.2, 0) is 0 Å². The van der Waals surface area contributed by atoms with E-state index in [0.29, 0.717) is 11.8 Å². The van der Waals surface area contributed by atoms with Crippen molar-refractivity contribution >= 4 is 0 Å². The van der Waals surface area contributed by atoms with Crippen LogP contribution in [-0.4, -0.2) is 19.6 Å². The maximum atomic E-state index is 14.6. The van der Waals surface area contributed by atoms with Crippen LogP contribution in [0.15, 0.2) is 36.4 Å². The summed E-state index contributed by atoms with van der Waals surface area (Å²) in [6.45, 7) is 0.109. The molecule has 7 heteroatoms. The molecule has 0 spiro atoms. The summed E-state index contributed by atoms with van der Waals surface area (Å²) in [5.41, 5.74) is 0. The van der Waals surface area contributed by atoms with E-state index in [1.165, 1.54) is 31.4 Å². The summed E-state index contributed by atoms with van der Waals surface area (Å²) >= 11 is 0. The van der Waals surface area contributed by atoms with Crippen molar-refractivity contribution in [2.75, 3.05) is 13.2 Å². The van der Waals surface area contributed by atoms with Crippen LogP contribution in [0.1, 0.15) is 44.9 Å². The van der Waals surface area contributed by atoms with Gasteiger partial charge in [0.05, 0.1) is 0 Å². The minimum Gasteiger partial charge on any atom is -0.486 e. The molecule has 160 valence electrons. The predicted molar refractivity (Wildman–Crippen MR) is 102 cm³/mol. The molecule has 0 bridgehead atoms. The highest BCUT2D eigenvalue weighted by atomic mass is 19.4. The SMILES string of the molecule is Fc1c(OC/C=C/C2CCCC2)ccc(OC/C=C/C2CCC2)c1OC(F)(F)F. The van der Waals surface area contributed by atoms with Crippen molar-refractivity contribution in [3.05, 3.63) is 42.3 Å². The van der Waals surface area contributed by atoms with E-state index >= 15 is 0 Å². The van der Waals surface area contributed by atoms with Gasteiger partial charge in [0.15, 0.2) is 11.5 Å². The second-order valence-corrected chi connectivity index (χ2v) is 7.47. The van der Waals surface area contributed by atoms with Crippen molar-refractivity contribution in [1.29, 1.82) is 0 Å². The molecule has 0 unspecified atom stereocenters. The molecule has 0 radical (unpaired) electrons. The second-order valence-electron chi connectivity index (χ2n) is 7.47. The normalized spacial score (nSPS) is 18.5. The zero-order valence-electron chi connectivity index (χ0n) is 16.2. The minimum atomic E-state index is -5.04. The number of allylic oxidation sites excluding steroid dienone is 2. The van der Waals surface area contributed by atoms with Crippen LogP contribution < -0.4 is 14.2 Å². The van der Waals surface area contributed by atoms with Crippen molar-refractivity contribution in [3.63, 3.8) is 0 Å². The number of benzene rings is 1. The van der Waals surface area contributed by atoms with Crippen LogP contribution in [0.2, 0.25) is 0 Å². The molecule has 2 fully saturated rings. The highest BCUT2D eigenvalue weighted by Gasteiger charge is 2.35. The monoisotopic (exact) mass is 414 g/mol. The molecule has 2 saturated carbocycles. The number of rotatable bonds is 9. The van der Waals surface area contributed by atoms with E-state index in [2.05, 4.69) is 4.74 Å². The van der Waals surface area contributed by atoms with Crippen LogP contribution in [0, 0.1) is 17.7 Å². The first-order valence-corrected chi connectivity index (χ1v) is 10.1. The van der Waals surface area contributed by atoms with E-state index in [1.54, 1.807) is 12.2 Å². The molecule has 0 heterocycles. The average molecular weight is 414 g/mol. The Bertz CT molecular complexity index is 718. The van der Waals surface area contributed by atoms with Crippen LogP contribution in [0.4, 0.5) is 17.6 Å². The summed E-state index contributed by atoms with van der Waals surface area (Å²) in [4.78, 5) is 0. The highest BCUT2D eigenvalue weighted by molar-refractivity contribution is 5.47. The fraction of sp³-hybridized carbons (Fsp3) is 0.545. The van der Waals surface area contributed by atoms with Gasteiger partial charge in [-0.3, -0.25) is 0 Å². The van der Waals surface area contributed by atoms with Gasteiger partial charge in [0.2, 0.25) is 11.6 Å². The van der Waals surface area contributed by atoms with E-state index in [4.69, 9.17) is 9.47 Å². The van der Waals surface area contributed by atoms with Crippen LogP contribution in [0.5, 0.6) is 17.2 Å². The molecule has 0 atom stereocenters. The Morgan fingerprint density at radius 3 is 1.86 bits per heavy atom. The second kappa shape index (κ2) is 10.0. The molecule has 2 aliphatic carbocycles. The number of hydrogen-bond acceptors (Lipinski definition) is 3. The van der Waals surface area contributed by atoms with Gasteiger partial charge in [-0.2, -0.15) is 4.39 Å². The van der Waals surface area contributed by atoms with Gasteiger partial charge in [0, 0.05) is 0 Å². The molecule has 3 nitrogen and oxygen atoms in total. The topological polar surface area (TPSA) is 27.7 Å². The molecular formula is C22H26F4O3. The zero-order chi connectivity index (χ0) is 20.7. The van der Waals surface area contributed by atoms with Gasteiger partial charge in [0.1, 0.15) is 13.2 Å². The Balaban J connectivity index is 1.63. The summed E-state index contributed by atoms with van der Waals surface area (Å²) in [6.07, 6.45) is 10.5. The van der Waals surface area contributed by atoms with Gasteiger partial charge >= 0.3 is 6.36 Å². The predicted octanol–water partition coefficient (Wildman–Crippen LogP) is 6.58. The van der Waals surface area contributed by atoms with Crippen LogP contribution in [0.3, 0.4) is 0 Å². The molecule has 0 saturated heterocycles. The zero-order valence-corrected chi connectivity index (χ0v) is 16.2. The standard InChI is InChI=1S/C22H26F4O3/c23-20-18(27-14-4-10-16-6-1-2-7-16)12-13-19(21(20)29-22(24,25)26)28-15-5-11-17-8-3-9-17/h4-5,10-13,16-17H,1-3,6-9,14-15H2/b10-4+,11-5+. The molecule has 1 aromatic rings. The molecule has 0 N–H and O–H groups in total. The number of halogens is 4. The summed E-state index contributed by atoms with van der Waals surface area (Å²) in [7, 11) is 0. The lowest BCUT2D eigenvalue weighted by atomic mass is 9.85. The minimum absolute atomic E-state index is 0.0362. The maximum Gasteiger partial charge on any atom is 0.573 e. The molecule has 0 aromatic heterocycles. The molecule has 0 aliphatic heterocycles. The van der Waals surface area contributed by atoms with Crippen molar-refractivity contribution < 1.29 is 31.8 Å². The summed E-state index contributed by atoms with van der Waals surface area (Å²) < 4.78 is 67.4. The summed E-state index contributed by atoms with van der Waals surface area (Å²) in [5.74, 6) is -1.86. The van der Waals surface area contributed by atoms with Crippen molar-refractivity contribution in [2.45, 2.75) is 51.3 Å². The van der Waals surface area contributed by atoms with Crippen LogP contribution >= 0.6 is 0 Å². The average Bonchev–Trinajstić information content (AvgIpc) is 3.13. The third-order valence-corrected chi connectivity index (χ3v) is 5.28. The van der Waals surface area contributed by atoms with Gasteiger partial charge in [-0.1, -0.05) is 43.6 Å². The molecule has 2 aliphatic rings. The molecule has 1 aromatic carbocycles. The fourth-order valence-electron chi connectivity index (χ4n) is 3.51. The van der Waals surface area contributed by atoms with Crippen molar-refractivity contribution in [3.8, 4) is 17.2 Å². The smallest absolute Gasteiger partial charge is 0.486 e. The molecule has 3 rings (SSSR count). The first-order chi connectivity index (χ1) is 13.9. The van der Waals surface area contributed by atoms with Gasteiger partial charge in [-0.25, -0.2) is 0 Å². The lowest BCUT2D eigenvalue weighted by molar-refractivity contribution is -0.276. The number of hydrogen-bond donors (Lipinski definition) is 0. The Kier molecular flexibility index (Phi) is 7.45. The number of ether oxygens (including phenoxy) is 3. The Morgan fingerprint density at radius 1 is 0.828 bits per heavy atom. The van der Waals surface area contributed by atoms with E-state index in [0.717, 1.165) is 25.7 Å². The van der Waals surface area contributed by atoms with Crippen LogP contribution in [0.25, 0.3) is 0 Å². The van der Waals surface area contributed by atoms with Gasteiger partial charge in [-0.15, -0.1) is 13.2 Å². The first kappa shape index (κ1) is 21.5. The fourth-order valence-corrected chi connectivity index (χ4v) is 3.51. The first-order valence-electron chi connectivity index (χ1n) is 10.1. The third-order valence-electron chi connectivity index (χ3n) is 5.28. The Hall–Kier alpha value is -2.18. The lowest BCUT2D eigenvalue weighted by Gasteiger charge is -2.21. The van der Waals surface area contributed by atoms with E-state index < -0.39 is 17.9 Å². The largest absolute Gasteiger partial charge is 0.573 e. The van der Waals surface area contributed by atoms with E-state index in [9.17, 15) is 17.6 Å². The van der Waals surface area contributed by atoms with Gasteiger partial charge in [-0.05, 0) is 49.7 Å². The molecule has 29 heavy (non-hydrogen) atoms. The van der Waals surface area contributed by atoms with E-state index in [-0.39, 0.29) is 24.7 Å². The maximum absolute atomic E-state index is 14.6. The summed E-state index contributed by atoms with van der Waals surface area (Å²) in [6, 6.07) is 2.49. The van der Waals surface area contributed by atoms with Crippen molar-refractivity contribution in [2.24, 2.45) is 11.8 Å². The van der Waals surface area contributed by atoms with Gasteiger partial charge in [0.25, 0.3) is 0 Å². The van der Waals surface area contributed by atoms with Crippen molar-refractivity contribution in [1.82, 2.24) is 0 Å². The third kappa shape index (κ3) is 6.68. The Labute approximate surface area is 168 Å². The number of alkyl halides is 3. The molecule has 0 amide bonds. The quantitative estimate of drug-likeness (QED) is 0.337.